The normalized spacial score (nSPS) is 13.4. The molecule has 0 saturated heterocycles. The summed E-state index contributed by atoms with van der Waals surface area (Å²) in [5.41, 5.74) is 2.66. The highest BCUT2D eigenvalue weighted by Crippen LogP contribution is 2.06. The predicted octanol–water partition coefficient (Wildman–Crippen LogP) is 2.87. The maximum absolute atomic E-state index is 3.17. The topological polar surface area (TPSA) is 12.0 Å². The molecule has 1 heteroatoms. The average molecular weight is 189 g/mol. The summed E-state index contributed by atoms with van der Waals surface area (Å²) >= 11 is 0. The first-order chi connectivity index (χ1) is 6.76. The number of rotatable bonds is 4. The van der Waals surface area contributed by atoms with Gasteiger partial charge in [-0.1, -0.05) is 43.3 Å². The predicted molar refractivity (Wildman–Crippen MR) is 63.4 cm³/mol. The van der Waals surface area contributed by atoms with Gasteiger partial charge in [0, 0.05) is 6.04 Å². The first-order valence-corrected chi connectivity index (χ1v) is 5.20. The summed E-state index contributed by atoms with van der Waals surface area (Å²) in [6.07, 6.45) is 5.43. The van der Waals surface area contributed by atoms with Crippen LogP contribution >= 0.6 is 0 Å². The first-order valence-electron chi connectivity index (χ1n) is 5.20. The molecule has 0 aliphatic heterocycles. The van der Waals surface area contributed by atoms with E-state index in [0.29, 0.717) is 6.04 Å². The van der Waals surface area contributed by atoms with Crippen LogP contribution in [0.1, 0.15) is 25.0 Å². The van der Waals surface area contributed by atoms with Gasteiger partial charge >= 0.3 is 0 Å². The van der Waals surface area contributed by atoms with E-state index in [1.54, 1.807) is 0 Å². The van der Waals surface area contributed by atoms with E-state index in [1.165, 1.54) is 11.1 Å². The van der Waals surface area contributed by atoms with Gasteiger partial charge in [-0.25, -0.2) is 0 Å². The first kappa shape index (κ1) is 11.0. The molecule has 0 spiro atoms. The van der Waals surface area contributed by atoms with Crippen molar-refractivity contribution in [3.63, 3.8) is 0 Å². The fraction of sp³-hybridized carbons (Fsp3) is 0.385. The van der Waals surface area contributed by atoms with Crippen LogP contribution in [0.25, 0.3) is 6.08 Å². The van der Waals surface area contributed by atoms with Crippen molar-refractivity contribution in [2.24, 2.45) is 0 Å². The Balaban J connectivity index is 2.64. The van der Waals surface area contributed by atoms with Crippen LogP contribution < -0.4 is 5.32 Å². The number of aryl methyl sites for hydroxylation is 1. The van der Waals surface area contributed by atoms with E-state index < -0.39 is 0 Å². The molecule has 1 nitrogen and oxygen atoms in total. The zero-order chi connectivity index (χ0) is 10.4. The van der Waals surface area contributed by atoms with Gasteiger partial charge in [0.25, 0.3) is 0 Å². The molecule has 0 aromatic heterocycles. The van der Waals surface area contributed by atoms with Crippen LogP contribution in [0.15, 0.2) is 30.3 Å². The fourth-order valence-electron chi connectivity index (χ4n) is 1.22. The Morgan fingerprint density at radius 2 is 1.93 bits per heavy atom. The van der Waals surface area contributed by atoms with Gasteiger partial charge in [-0.05, 0) is 31.5 Å². The molecule has 0 aliphatic carbocycles. The molecule has 0 aliphatic rings. The maximum atomic E-state index is 3.17. The molecule has 0 bridgehead atoms. The number of benzene rings is 1. The van der Waals surface area contributed by atoms with Crippen molar-refractivity contribution in [1.29, 1.82) is 0 Å². The van der Waals surface area contributed by atoms with E-state index in [2.05, 4.69) is 55.6 Å². The average Bonchev–Trinajstić information content (AvgIpc) is 2.26. The Bertz CT molecular complexity index is 285. The number of hydrogen-bond donors (Lipinski definition) is 1. The van der Waals surface area contributed by atoms with E-state index in [9.17, 15) is 0 Å². The molecule has 14 heavy (non-hydrogen) atoms. The Hall–Kier alpha value is -1.08. The van der Waals surface area contributed by atoms with Crippen LogP contribution in [0.4, 0.5) is 0 Å². The molecular weight excluding hydrogens is 170 g/mol. The minimum Gasteiger partial charge on any atom is -0.314 e. The van der Waals surface area contributed by atoms with Crippen LogP contribution in [-0.2, 0) is 6.42 Å². The molecule has 0 fully saturated rings. The van der Waals surface area contributed by atoms with Gasteiger partial charge in [-0.15, -0.1) is 0 Å². The largest absolute Gasteiger partial charge is 0.314 e. The quantitative estimate of drug-likeness (QED) is 0.768. The smallest absolute Gasteiger partial charge is 0.0221 e. The summed E-state index contributed by atoms with van der Waals surface area (Å²) in [6, 6.07) is 9.13. The van der Waals surface area contributed by atoms with Gasteiger partial charge in [0.15, 0.2) is 0 Å². The Morgan fingerprint density at radius 3 is 2.43 bits per heavy atom. The van der Waals surface area contributed by atoms with Crippen molar-refractivity contribution in [3.8, 4) is 0 Å². The van der Waals surface area contributed by atoms with Crippen molar-refractivity contribution < 1.29 is 0 Å². The Labute approximate surface area is 86.8 Å². The monoisotopic (exact) mass is 189 g/mol. The standard InChI is InChI=1S/C13H19N/c1-4-12-7-9-13(10-8-12)6-5-11(2)14-3/h5-11,14H,4H2,1-3H3/b6-5+/t11-/m1/s1. The third-order valence-corrected chi connectivity index (χ3v) is 2.42. The van der Waals surface area contributed by atoms with Crippen LogP contribution in [-0.4, -0.2) is 13.1 Å². The molecule has 1 rings (SSSR count). The third-order valence-electron chi connectivity index (χ3n) is 2.42. The number of nitrogens with one attached hydrogen (secondary N) is 1. The van der Waals surface area contributed by atoms with E-state index in [-0.39, 0.29) is 0 Å². The lowest BCUT2D eigenvalue weighted by Gasteiger charge is -2.02. The highest BCUT2D eigenvalue weighted by atomic mass is 14.8. The van der Waals surface area contributed by atoms with Gasteiger partial charge in [0.05, 0.1) is 0 Å². The van der Waals surface area contributed by atoms with Crippen LogP contribution in [0.5, 0.6) is 0 Å². The van der Waals surface area contributed by atoms with Crippen molar-refractivity contribution in [2.45, 2.75) is 26.3 Å². The van der Waals surface area contributed by atoms with Gasteiger partial charge in [0.2, 0.25) is 0 Å². The van der Waals surface area contributed by atoms with E-state index in [4.69, 9.17) is 0 Å². The summed E-state index contributed by atoms with van der Waals surface area (Å²) in [6.45, 7) is 4.31. The number of hydrogen-bond acceptors (Lipinski definition) is 1. The summed E-state index contributed by atoms with van der Waals surface area (Å²) in [5.74, 6) is 0. The zero-order valence-corrected chi connectivity index (χ0v) is 9.25. The molecule has 1 N–H and O–H groups in total. The number of likely N-dealkylation sites (N-methyl/N-ethyl adjacent to an activating group) is 1. The molecule has 0 unspecified atom stereocenters. The second-order valence-electron chi connectivity index (χ2n) is 3.53. The molecule has 0 saturated carbocycles. The second kappa shape index (κ2) is 5.61. The van der Waals surface area contributed by atoms with Gasteiger partial charge in [-0.2, -0.15) is 0 Å². The molecule has 0 heterocycles. The second-order valence-corrected chi connectivity index (χ2v) is 3.53. The maximum Gasteiger partial charge on any atom is 0.0221 e. The minimum absolute atomic E-state index is 0.431. The molecule has 0 radical (unpaired) electrons. The molecule has 1 aromatic carbocycles. The zero-order valence-electron chi connectivity index (χ0n) is 9.25. The van der Waals surface area contributed by atoms with Crippen LogP contribution in [0.3, 0.4) is 0 Å². The van der Waals surface area contributed by atoms with E-state index >= 15 is 0 Å². The third kappa shape index (κ3) is 3.35. The summed E-state index contributed by atoms with van der Waals surface area (Å²) in [7, 11) is 1.97. The minimum atomic E-state index is 0.431. The molecule has 1 aromatic rings. The Kier molecular flexibility index (Phi) is 4.41. The van der Waals surface area contributed by atoms with Gasteiger partial charge in [0.1, 0.15) is 0 Å². The highest BCUT2D eigenvalue weighted by molar-refractivity contribution is 5.50. The molecule has 0 amide bonds. The lowest BCUT2D eigenvalue weighted by atomic mass is 10.1. The summed E-state index contributed by atoms with van der Waals surface area (Å²) in [4.78, 5) is 0. The summed E-state index contributed by atoms with van der Waals surface area (Å²) < 4.78 is 0. The van der Waals surface area contributed by atoms with Crippen LogP contribution in [0.2, 0.25) is 0 Å². The molecular formula is C13H19N. The van der Waals surface area contributed by atoms with Gasteiger partial charge in [-0.3, -0.25) is 0 Å². The van der Waals surface area contributed by atoms with Crippen molar-refractivity contribution in [3.05, 3.63) is 41.5 Å². The van der Waals surface area contributed by atoms with E-state index in [1.807, 2.05) is 7.05 Å². The SMILES string of the molecule is CCc1ccc(/C=C/[C@@H](C)NC)cc1. The highest BCUT2D eigenvalue weighted by Gasteiger charge is 1.91. The Morgan fingerprint density at radius 1 is 1.29 bits per heavy atom. The van der Waals surface area contributed by atoms with Crippen molar-refractivity contribution in [2.75, 3.05) is 7.05 Å². The lowest BCUT2D eigenvalue weighted by Crippen LogP contribution is -2.17. The molecule has 1 atom stereocenters. The van der Waals surface area contributed by atoms with Crippen molar-refractivity contribution >= 4 is 6.08 Å². The van der Waals surface area contributed by atoms with E-state index in [0.717, 1.165) is 6.42 Å². The van der Waals surface area contributed by atoms with Crippen molar-refractivity contribution in [1.82, 2.24) is 5.32 Å². The van der Waals surface area contributed by atoms with Gasteiger partial charge < -0.3 is 5.32 Å². The summed E-state index contributed by atoms with van der Waals surface area (Å²) in [5, 5.41) is 3.17. The fourth-order valence-corrected chi connectivity index (χ4v) is 1.22. The molecule has 76 valence electrons. The lowest BCUT2D eigenvalue weighted by molar-refractivity contribution is 0.731. The van der Waals surface area contributed by atoms with Crippen LogP contribution in [0, 0.1) is 0 Å².